The number of benzene rings is 1. The van der Waals surface area contributed by atoms with Gasteiger partial charge in [0.2, 0.25) is 0 Å². The van der Waals surface area contributed by atoms with E-state index in [0.29, 0.717) is 0 Å². The Balaban J connectivity index is 2.21. The third kappa shape index (κ3) is 2.45. The molecule has 0 bridgehead atoms. The molecule has 88 valence electrons. The molecule has 1 aliphatic heterocycles. The Bertz CT molecular complexity index is 342. The second-order valence-electron chi connectivity index (χ2n) is 4.72. The van der Waals surface area contributed by atoms with Crippen LogP contribution in [0.4, 0.5) is 0 Å². The number of hydrogen-bond acceptors (Lipinski definition) is 2. The Morgan fingerprint density at radius 3 is 2.75 bits per heavy atom. The SMILES string of the molecule is CCCc1cccc(C2(N)CCOCC2)c1. The predicted octanol–water partition coefficient (Wildman–Crippen LogP) is 2.60. The predicted molar refractivity (Wildman–Crippen MR) is 66.4 cm³/mol. The fraction of sp³-hybridized carbons (Fsp3) is 0.571. The molecule has 16 heavy (non-hydrogen) atoms. The Kier molecular flexibility index (Phi) is 3.62. The van der Waals surface area contributed by atoms with Crippen LogP contribution in [-0.4, -0.2) is 13.2 Å². The van der Waals surface area contributed by atoms with Crippen molar-refractivity contribution in [2.24, 2.45) is 5.73 Å². The summed E-state index contributed by atoms with van der Waals surface area (Å²) in [4.78, 5) is 0. The number of hydrogen-bond donors (Lipinski definition) is 1. The normalized spacial score (nSPS) is 19.6. The van der Waals surface area contributed by atoms with Crippen LogP contribution in [0.3, 0.4) is 0 Å². The monoisotopic (exact) mass is 219 g/mol. The minimum Gasteiger partial charge on any atom is -0.381 e. The van der Waals surface area contributed by atoms with Crippen LogP contribution in [0, 0.1) is 0 Å². The molecule has 1 fully saturated rings. The summed E-state index contributed by atoms with van der Waals surface area (Å²) in [6, 6.07) is 8.75. The van der Waals surface area contributed by atoms with E-state index in [9.17, 15) is 0 Å². The largest absolute Gasteiger partial charge is 0.381 e. The highest BCUT2D eigenvalue weighted by Gasteiger charge is 2.29. The number of aryl methyl sites for hydroxylation is 1. The van der Waals surface area contributed by atoms with Gasteiger partial charge in [-0.3, -0.25) is 0 Å². The zero-order valence-electron chi connectivity index (χ0n) is 10.0. The molecule has 1 aromatic rings. The van der Waals surface area contributed by atoms with Crippen molar-refractivity contribution in [1.29, 1.82) is 0 Å². The van der Waals surface area contributed by atoms with Gasteiger partial charge in [0.1, 0.15) is 0 Å². The lowest BCUT2D eigenvalue weighted by Crippen LogP contribution is -2.42. The third-order valence-electron chi connectivity index (χ3n) is 3.43. The standard InChI is InChI=1S/C14H21NO/c1-2-4-12-5-3-6-13(11-12)14(15)7-9-16-10-8-14/h3,5-6,11H,2,4,7-10,15H2,1H3. The Hall–Kier alpha value is -0.860. The highest BCUT2D eigenvalue weighted by atomic mass is 16.5. The van der Waals surface area contributed by atoms with Crippen molar-refractivity contribution in [2.75, 3.05) is 13.2 Å². The maximum atomic E-state index is 6.47. The fourth-order valence-electron chi connectivity index (χ4n) is 2.35. The van der Waals surface area contributed by atoms with Crippen LogP contribution >= 0.6 is 0 Å². The van der Waals surface area contributed by atoms with Crippen LogP contribution in [0.5, 0.6) is 0 Å². The molecule has 1 saturated heterocycles. The molecule has 0 spiro atoms. The summed E-state index contributed by atoms with van der Waals surface area (Å²) in [5.41, 5.74) is 8.98. The van der Waals surface area contributed by atoms with Gasteiger partial charge in [-0.25, -0.2) is 0 Å². The highest BCUT2D eigenvalue weighted by molar-refractivity contribution is 5.30. The maximum Gasteiger partial charge on any atom is 0.0486 e. The van der Waals surface area contributed by atoms with E-state index < -0.39 is 0 Å². The lowest BCUT2D eigenvalue weighted by atomic mass is 9.83. The second kappa shape index (κ2) is 4.98. The van der Waals surface area contributed by atoms with Crippen molar-refractivity contribution < 1.29 is 4.74 Å². The molecule has 2 N–H and O–H groups in total. The van der Waals surface area contributed by atoms with E-state index in [1.807, 2.05) is 0 Å². The van der Waals surface area contributed by atoms with Gasteiger partial charge in [-0.2, -0.15) is 0 Å². The first-order valence-corrected chi connectivity index (χ1v) is 6.21. The maximum absolute atomic E-state index is 6.47. The summed E-state index contributed by atoms with van der Waals surface area (Å²) < 4.78 is 5.38. The molecule has 0 atom stereocenters. The van der Waals surface area contributed by atoms with E-state index in [2.05, 4.69) is 31.2 Å². The summed E-state index contributed by atoms with van der Waals surface area (Å²) >= 11 is 0. The lowest BCUT2D eigenvalue weighted by Gasteiger charge is -2.34. The Labute approximate surface area is 97.8 Å². The van der Waals surface area contributed by atoms with Crippen molar-refractivity contribution >= 4 is 0 Å². The van der Waals surface area contributed by atoms with E-state index in [-0.39, 0.29) is 5.54 Å². The molecule has 0 aromatic heterocycles. The average Bonchev–Trinajstić information content (AvgIpc) is 2.31. The molecule has 1 aromatic carbocycles. The highest BCUT2D eigenvalue weighted by Crippen LogP contribution is 2.29. The third-order valence-corrected chi connectivity index (χ3v) is 3.43. The van der Waals surface area contributed by atoms with Gasteiger partial charge in [0.25, 0.3) is 0 Å². The number of ether oxygens (including phenoxy) is 1. The molecule has 2 nitrogen and oxygen atoms in total. The topological polar surface area (TPSA) is 35.2 Å². The van der Waals surface area contributed by atoms with Gasteiger partial charge in [0.15, 0.2) is 0 Å². The van der Waals surface area contributed by atoms with E-state index in [0.717, 1.165) is 32.5 Å². The summed E-state index contributed by atoms with van der Waals surface area (Å²) in [5, 5.41) is 0. The summed E-state index contributed by atoms with van der Waals surface area (Å²) in [5.74, 6) is 0. The fourth-order valence-corrected chi connectivity index (χ4v) is 2.35. The second-order valence-corrected chi connectivity index (χ2v) is 4.72. The molecule has 0 radical (unpaired) electrons. The van der Waals surface area contributed by atoms with Crippen LogP contribution in [0.25, 0.3) is 0 Å². The molecular weight excluding hydrogens is 198 g/mol. The van der Waals surface area contributed by atoms with Crippen molar-refractivity contribution in [3.63, 3.8) is 0 Å². The van der Waals surface area contributed by atoms with Crippen molar-refractivity contribution in [3.05, 3.63) is 35.4 Å². The molecular formula is C14H21NO. The van der Waals surface area contributed by atoms with Crippen molar-refractivity contribution in [2.45, 2.75) is 38.1 Å². The van der Waals surface area contributed by atoms with E-state index in [4.69, 9.17) is 10.5 Å². The molecule has 2 heteroatoms. The molecule has 0 aliphatic carbocycles. The lowest BCUT2D eigenvalue weighted by molar-refractivity contribution is 0.0522. The Morgan fingerprint density at radius 2 is 2.06 bits per heavy atom. The van der Waals surface area contributed by atoms with Gasteiger partial charge in [-0.05, 0) is 30.4 Å². The van der Waals surface area contributed by atoms with Crippen molar-refractivity contribution in [1.82, 2.24) is 0 Å². The summed E-state index contributed by atoms with van der Waals surface area (Å²) in [6.45, 7) is 3.78. The van der Waals surface area contributed by atoms with Crippen LogP contribution in [0.15, 0.2) is 24.3 Å². The first kappa shape index (κ1) is 11.6. The molecule has 0 saturated carbocycles. The van der Waals surface area contributed by atoms with Gasteiger partial charge in [-0.15, -0.1) is 0 Å². The quantitative estimate of drug-likeness (QED) is 0.848. The van der Waals surface area contributed by atoms with E-state index in [1.54, 1.807) is 0 Å². The first-order valence-electron chi connectivity index (χ1n) is 6.21. The molecule has 1 aliphatic rings. The zero-order valence-corrected chi connectivity index (χ0v) is 10.0. The number of nitrogens with two attached hydrogens (primary N) is 1. The minimum absolute atomic E-state index is 0.165. The Morgan fingerprint density at radius 1 is 1.31 bits per heavy atom. The van der Waals surface area contributed by atoms with Crippen LogP contribution in [-0.2, 0) is 16.7 Å². The summed E-state index contributed by atoms with van der Waals surface area (Å²) in [7, 11) is 0. The van der Waals surface area contributed by atoms with Gasteiger partial charge >= 0.3 is 0 Å². The van der Waals surface area contributed by atoms with E-state index >= 15 is 0 Å². The number of rotatable bonds is 3. The average molecular weight is 219 g/mol. The van der Waals surface area contributed by atoms with Gasteiger partial charge < -0.3 is 10.5 Å². The molecule has 2 rings (SSSR count). The molecule has 0 amide bonds. The van der Waals surface area contributed by atoms with Gasteiger partial charge in [0.05, 0.1) is 0 Å². The van der Waals surface area contributed by atoms with Crippen LogP contribution < -0.4 is 5.73 Å². The van der Waals surface area contributed by atoms with E-state index in [1.165, 1.54) is 17.5 Å². The van der Waals surface area contributed by atoms with Crippen molar-refractivity contribution in [3.8, 4) is 0 Å². The molecule has 1 heterocycles. The first-order chi connectivity index (χ1) is 7.74. The molecule has 0 unspecified atom stereocenters. The zero-order chi connectivity index (χ0) is 11.4. The van der Waals surface area contributed by atoms with Crippen LogP contribution in [0.1, 0.15) is 37.3 Å². The minimum atomic E-state index is -0.165. The van der Waals surface area contributed by atoms with Crippen LogP contribution in [0.2, 0.25) is 0 Å². The van der Waals surface area contributed by atoms with Gasteiger partial charge in [-0.1, -0.05) is 37.6 Å². The smallest absolute Gasteiger partial charge is 0.0486 e. The van der Waals surface area contributed by atoms with Gasteiger partial charge in [0, 0.05) is 18.8 Å². The summed E-state index contributed by atoms with van der Waals surface area (Å²) in [6.07, 6.45) is 4.19.